The average Bonchev–Trinajstić information content (AvgIpc) is 2.70. The molecule has 146 valence electrons. The zero-order chi connectivity index (χ0) is 20.1. The lowest BCUT2D eigenvalue weighted by Gasteiger charge is -2.26. The zero-order valence-electron chi connectivity index (χ0n) is 15.5. The molecule has 0 spiro atoms. The number of anilines is 1. The molecule has 2 aromatic rings. The van der Waals surface area contributed by atoms with Crippen molar-refractivity contribution in [2.45, 2.75) is 19.3 Å². The van der Waals surface area contributed by atoms with Crippen LogP contribution in [0.25, 0.3) is 0 Å². The van der Waals surface area contributed by atoms with Gasteiger partial charge in [-0.05, 0) is 42.3 Å². The number of ether oxygens (including phenoxy) is 1. The number of amides is 2. The SMILES string of the molecule is CN1C(=O)COc2ccc(C(=O)CCC(=O)NCCc3ccc(F)cc3)cc21. The Morgan fingerprint density at radius 3 is 2.64 bits per heavy atom. The summed E-state index contributed by atoms with van der Waals surface area (Å²) in [6, 6.07) is 11.0. The molecule has 1 heterocycles. The Morgan fingerprint density at radius 2 is 1.89 bits per heavy atom. The van der Waals surface area contributed by atoms with Crippen LogP contribution in [0.2, 0.25) is 0 Å². The quantitative estimate of drug-likeness (QED) is 0.745. The minimum atomic E-state index is -0.296. The third-order valence-corrected chi connectivity index (χ3v) is 4.60. The molecule has 6 nitrogen and oxygen atoms in total. The molecule has 0 saturated carbocycles. The topological polar surface area (TPSA) is 75.7 Å². The Morgan fingerprint density at radius 1 is 1.14 bits per heavy atom. The Labute approximate surface area is 162 Å². The van der Waals surface area contributed by atoms with E-state index in [1.807, 2.05) is 0 Å². The van der Waals surface area contributed by atoms with Crippen LogP contribution in [0, 0.1) is 5.82 Å². The van der Waals surface area contributed by atoms with Crippen molar-refractivity contribution < 1.29 is 23.5 Å². The van der Waals surface area contributed by atoms with E-state index in [0.717, 1.165) is 5.56 Å². The normalized spacial score (nSPS) is 12.9. The van der Waals surface area contributed by atoms with Gasteiger partial charge in [0.05, 0.1) is 5.69 Å². The van der Waals surface area contributed by atoms with Gasteiger partial charge in [-0.25, -0.2) is 4.39 Å². The van der Waals surface area contributed by atoms with Crippen LogP contribution in [0.15, 0.2) is 42.5 Å². The van der Waals surface area contributed by atoms with Gasteiger partial charge >= 0.3 is 0 Å². The van der Waals surface area contributed by atoms with Crippen LogP contribution in [0.3, 0.4) is 0 Å². The van der Waals surface area contributed by atoms with E-state index in [-0.39, 0.29) is 42.9 Å². The number of hydrogen-bond acceptors (Lipinski definition) is 4. The second kappa shape index (κ2) is 8.65. The van der Waals surface area contributed by atoms with E-state index in [0.29, 0.717) is 30.0 Å². The van der Waals surface area contributed by atoms with Crippen LogP contribution in [-0.2, 0) is 16.0 Å². The second-order valence-electron chi connectivity index (χ2n) is 6.57. The van der Waals surface area contributed by atoms with Gasteiger partial charge in [0.2, 0.25) is 5.91 Å². The van der Waals surface area contributed by atoms with E-state index in [1.54, 1.807) is 37.4 Å². The maximum absolute atomic E-state index is 12.9. The predicted octanol–water partition coefficient (Wildman–Crippen LogP) is 2.50. The monoisotopic (exact) mass is 384 g/mol. The number of carbonyl (C=O) groups is 3. The van der Waals surface area contributed by atoms with Crippen LogP contribution >= 0.6 is 0 Å². The molecule has 0 bridgehead atoms. The van der Waals surface area contributed by atoms with Crippen LogP contribution in [0.1, 0.15) is 28.8 Å². The minimum Gasteiger partial charge on any atom is -0.482 e. The molecule has 0 atom stereocenters. The second-order valence-corrected chi connectivity index (χ2v) is 6.57. The van der Waals surface area contributed by atoms with Crippen molar-refractivity contribution in [3.63, 3.8) is 0 Å². The van der Waals surface area contributed by atoms with Crippen LogP contribution in [-0.4, -0.2) is 37.8 Å². The molecule has 3 rings (SSSR count). The molecule has 0 saturated heterocycles. The molecular formula is C21H21FN2O4. The Kier molecular flexibility index (Phi) is 6.03. The standard InChI is InChI=1S/C21H21FN2O4/c1-24-17-12-15(4-8-19(17)28-13-21(24)27)18(25)7-9-20(26)23-11-10-14-2-5-16(22)6-3-14/h2-6,8,12H,7,9-11,13H2,1H3,(H,23,26). The van der Waals surface area contributed by atoms with Crippen molar-refractivity contribution in [2.24, 2.45) is 0 Å². The molecule has 1 aliphatic rings. The number of rotatable bonds is 7. The summed E-state index contributed by atoms with van der Waals surface area (Å²) in [4.78, 5) is 37.5. The number of halogens is 1. The maximum atomic E-state index is 12.9. The van der Waals surface area contributed by atoms with Gasteiger partial charge < -0.3 is 15.0 Å². The Balaban J connectivity index is 1.48. The third kappa shape index (κ3) is 4.73. The maximum Gasteiger partial charge on any atom is 0.264 e. The van der Waals surface area contributed by atoms with E-state index in [4.69, 9.17) is 4.74 Å². The number of ketones is 1. The molecule has 0 unspecified atom stereocenters. The molecule has 0 fully saturated rings. The lowest BCUT2D eigenvalue weighted by Crippen LogP contribution is -2.35. The van der Waals surface area contributed by atoms with Gasteiger partial charge in [-0.15, -0.1) is 0 Å². The number of nitrogens with zero attached hydrogens (tertiary/aromatic N) is 1. The molecule has 0 aromatic heterocycles. The first kappa shape index (κ1) is 19.5. The summed E-state index contributed by atoms with van der Waals surface area (Å²) in [5.41, 5.74) is 1.90. The lowest BCUT2D eigenvalue weighted by atomic mass is 10.0. The highest BCUT2D eigenvalue weighted by atomic mass is 19.1. The third-order valence-electron chi connectivity index (χ3n) is 4.60. The summed E-state index contributed by atoms with van der Waals surface area (Å²) >= 11 is 0. The van der Waals surface area contributed by atoms with Crippen LogP contribution < -0.4 is 15.0 Å². The molecule has 2 amide bonds. The fraction of sp³-hybridized carbons (Fsp3) is 0.286. The molecule has 1 N–H and O–H groups in total. The highest BCUT2D eigenvalue weighted by molar-refractivity contribution is 6.02. The smallest absolute Gasteiger partial charge is 0.264 e. The van der Waals surface area contributed by atoms with E-state index >= 15 is 0 Å². The number of benzene rings is 2. The largest absolute Gasteiger partial charge is 0.482 e. The molecule has 1 aliphatic heterocycles. The first-order chi connectivity index (χ1) is 13.4. The first-order valence-corrected chi connectivity index (χ1v) is 9.02. The highest BCUT2D eigenvalue weighted by Crippen LogP contribution is 2.32. The van der Waals surface area contributed by atoms with Gasteiger partial charge in [0.25, 0.3) is 5.91 Å². The fourth-order valence-corrected chi connectivity index (χ4v) is 2.90. The van der Waals surface area contributed by atoms with Crippen molar-refractivity contribution >= 4 is 23.3 Å². The Bertz CT molecular complexity index is 896. The minimum absolute atomic E-state index is 0.0190. The van der Waals surface area contributed by atoms with Crippen molar-refractivity contribution in [3.8, 4) is 5.75 Å². The van der Waals surface area contributed by atoms with Crippen molar-refractivity contribution in [1.29, 1.82) is 0 Å². The van der Waals surface area contributed by atoms with Gasteiger partial charge in [0, 0.05) is 32.0 Å². The summed E-state index contributed by atoms with van der Waals surface area (Å²) in [7, 11) is 1.63. The fourth-order valence-electron chi connectivity index (χ4n) is 2.90. The number of hydrogen-bond donors (Lipinski definition) is 1. The molecule has 0 radical (unpaired) electrons. The van der Waals surface area contributed by atoms with Gasteiger partial charge in [0.1, 0.15) is 11.6 Å². The van der Waals surface area contributed by atoms with E-state index in [1.165, 1.54) is 17.0 Å². The van der Waals surface area contributed by atoms with E-state index < -0.39 is 0 Å². The number of carbonyl (C=O) groups excluding carboxylic acids is 3. The van der Waals surface area contributed by atoms with E-state index in [9.17, 15) is 18.8 Å². The first-order valence-electron chi connectivity index (χ1n) is 9.02. The lowest BCUT2D eigenvalue weighted by molar-refractivity contribution is -0.121. The van der Waals surface area contributed by atoms with E-state index in [2.05, 4.69) is 5.32 Å². The average molecular weight is 384 g/mol. The summed E-state index contributed by atoms with van der Waals surface area (Å²) < 4.78 is 18.2. The van der Waals surface area contributed by atoms with Gasteiger partial charge in [-0.3, -0.25) is 14.4 Å². The van der Waals surface area contributed by atoms with Crippen molar-refractivity contribution in [2.75, 3.05) is 25.1 Å². The Hall–Kier alpha value is -3.22. The summed E-state index contributed by atoms with van der Waals surface area (Å²) in [6.07, 6.45) is 0.732. The number of fused-ring (bicyclic) bond motifs is 1. The summed E-state index contributed by atoms with van der Waals surface area (Å²) in [5, 5.41) is 2.76. The predicted molar refractivity (Wildman–Crippen MR) is 102 cm³/mol. The molecule has 2 aromatic carbocycles. The highest BCUT2D eigenvalue weighted by Gasteiger charge is 2.23. The van der Waals surface area contributed by atoms with Gasteiger partial charge in [-0.2, -0.15) is 0 Å². The molecule has 0 aliphatic carbocycles. The van der Waals surface area contributed by atoms with Crippen LogP contribution in [0.5, 0.6) is 5.75 Å². The zero-order valence-corrected chi connectivity index (χ0v) is 15.5. The van der Waals surface area contributed by atoms with Crippen molar-refractivity contribution in [1.82, 2.24) is 5.32 Å². The van der Waals surface area contributed by atoms with Gasteiger partial charge in [-0.1, -0.05) is 12.1 Å². The molecule has 28 heavy (non-hydrogen) atoms. The summed E-state index contributed by atoms with van der Waals surface area (Å²) in [6.45, 7) is 0.399. The summed E-state index contributed by atoms with van der Waals surface area (Å²) in [5.74, 6) is -0.322. The number of Topliss-reactive ketones (excluding diaryl/α,β-unsaturated/α-hetero) is 1. The number of likely N-dealkylation sites (N-methyl/N-ethyl adjacent to an activating group) is 1. The molecule has 7 heteroatoms. The molecular weight excluding hydrogens is 363 g/mol. The van der Waals surface area contributed by atoms with Crippen molar-refractivity contribution in [3.05, 3.63) is 59.4 Å². The van der Waals surface area contributed by atoms with Gasteiger partial charge in [0.15, 0.2) is 12.4 Å². The van der Waals surface area contributed by atoms with Crippen LogP contribution in [0.4, 0.5) is 10.1 Å². The number of nitrogens with one attached hydrogen (secondary N) is 1.